The molecular formula is C19H22ClN5O2. The number of hydrogen-bond donors (Lipinski definition) is 0. The van der Waals surface area contributed by atoms with Gasteiger partial charge in [-0.1, -0.05) is 23.7 Å². The molecule has 7 nitrogen and oxygen atoms in total. The molecule has 0 radical (unpaired) electrons. The molecule has 1 amide bonds. The molecule has 0 N–H and O–H groups in total. The van der Waals surface area contributed by atoms with E-state index in [9.17, 15) is 4.79 Å². The minimum absolute atomic E-state index is 0.0200. The van der Waals surface area contributed by atoms with Crippen LogP contribution in [0.5, 0.6) is 0 Å². The van der Waals surface area contributed by atoms with Gasteiger partial charge in [0.2, 0.25) is 0 Å². The molecule has 0 unspecified atom stereocenters. The minimum atomic E-state index is -0.0200. The fourth-order valence-corrected chi connectivity index (χ4v) is 3.65. The fourth-order valence-electron chi connectivity index (χ4n) is 3.44. The number of ether oxygens (including phenoxy) is 1. The SMILES string of the molecule is O=C(c1ccccc1Cl)N1CCN(c2cc(N3CCOCC3)cnn2)CC1. The molecule has 0 spiro atoms. The normalized spacial score (nSPS) is 17.9. The standard InChI is InChI=1S/C19H22ClN5O2/c20-17-4-2-1-3-16(17)19(26)25-7-5-24(6-8-25)18-13-15(14-21-22-18)23-9-11-27-12-10-23/h1-4,13-14H,5-12H2. The number of aromatic nitrogens is 2. The number of rotatable bonds is 3. The number of nitrogens with zero attached hydrogens (tertiary/aromatic N) is 5. The van der Waals surface area contributed by atoms with Crippen molar-refractivity contribution in [2.24, 2.45) is 0 Å². The quantitative estimate of drug-likeness (QED) is 0.802. The highest BCUT2D eigenvalue weighted by Crippen LogP contribution is 2.22. The molecule has 2 fully saturated rings. The highest BCUT2D eigenvalue weighted by atomic mass is 35.5. The fraction of sp³-hybridized carbons (Fsp3) is 0.421. The van der Waals surface area contributed by atoms with E-state index >= 15 is 0 Å². The summed E-state index contributed by atoms with van der Waals surface area (Å²) in [5, 5.41) is 8.96. The summed E-state index contributed by atoms with van der Waals surface area (Å²) in [4.78, 5) is 19.0. The van der Waals surface area contributed by atoms with Crippen LogP contribution in [0.15, 0.2) is 36.5 Å². The van der Waals surface area contributed by atoms with Crippen molar-refractivity contribution in [2.45, 2.75) is 0 Å². The summed E-state index contributed by atoms with van der Waals surface area (Å²) in [5.74, 6) is 0.831. The Hall–Kier alpha value is -2.38. The van der Waals surface area contributed by atoms with Gasteiger partial charge in [-0.15, -0.1) is 5.10 Å². The van der Waals surface area contributed by atoms with Gasteiger partial charge in [0.05, 0.1) is 35.7 Å². The van der Waals surface area contributed by atoms with Crippen molar-refractivity contribution in [1.29, 1.82) is 0 Å². The number of morpholine rings is 1. The molecule has 0 aliphatic carbocycles. The van der Waals surface area contributed by atoms with Crippen LogP contribution in [0.25, 0.3) is 0 Å². The average Bonchev–Trinajstić information content (AvgIpc) is 2.74. The van der Waals surface area contributed by atoms with Gasteiger partial charge in [0.1, 0.15) is 0 Å². The highest BCUT2D eigenvalue weighted by Gasteiger charge is 2.24. The van der Waals surface area contributed by atoms with Crippen molar-refractivity contribution in [3.05, 3.63) is 47.1 Å². The molecule has 0 saturated carbocycles. The molecule has 1 aromatic carbocycles. The summed E-state index contributed by atoms with van der Waals surface area (Å²) < 4.78 is 5.41. The lowest BCUT2D eigenvalue weighted by Crippen LogP contribution is -2.49. The Morgan fingerprint density at radius 2 is 1.74 bits per heavy atom. The summed E-state index contributed by atoms with van der Waals surface area (Å²) in [7, 11) is 0. The first-order valence-electron chi connectivity index (χ1n) is 9.16. The first kappa shape index (κ1) is 18.0. The van der Waals surface area contributed by atoms with E-state index in [0.29, 0.717) is 23.7 Å². The van der Waals surface area contributed by atoms with Crippen LogP contribution in [-0.4, -0.2) is 73.5 Å². The molecular weight excluding hydrogens is 366 g/mol. The lowest BCUT2D eigenvalue weighted by atomic mass is 10.2. The van der Waals surface area contributed by atoms with E-state index < -0.39 is 0 Å². The van der Waals surface area contributed by atoms with Crippen molar-refractivity contribution in [1.82, 2.24) is 15.1 Å². The van der Waals surface area contributed by atoms with E-state index in [1.54, 1.807) is 18.3 Å². The van der Waals surface area contributed by atoms with Gasteiger partial charge in [0, 0.05) is 45.3 Å². The van der Waals surface area contributed by atoms with Crippen LogP contribution >= 0.6 is 11.6 Å². The van der Waals surface area contributed by atoms with E-state index in [2.05, 4.69) is 26.1 Å². The predicted molar refractivity (Wildman–Crippen MR) is 105 cm³/mol. The number of carbonyl (C=O) groups excluding carboxylic acids is 1. The van der Waals surface area contributed by atoms with Gasteiger partial charge >= 0.3 is 0 Å². The van der Waals surface area contributed by atoms with Crippen LogP contribution in [0.1, 0.15) is 10.4 Å². The Morgan fingerprint density at radius 1 is 1.00 bits per heavy atom. The van der Waals surface area contributed by atoms with Crippen LogP contribution in [0.4, 0.5) is 11.5 Å². The second kappa shape index (κ2) is 8.10. The van der Waals surface area contributed by atoms with Crippen molar-refractivity contribution in [2.75, 3.05) is 62.3 Å². The van der Waals surface area contributed by atoms with Gasteiger partial charge in [0.25, 0.3) is 5.91 Å². The average molecular weight is 388 g/mol. The largest absolute Gasteiger partial charge is 0.378 e. The predicted octanol–water partition coefficient (Wildman–Crippen LogP) is 1.93. The van der Waals surface area contributed by atoms with E-state index in [1.807, 2.05) is 17.0 Å². The molecule has 2 aliphatic rings. The summed E-state index contributed by atoms with van der Waals surface area (Å²) in [6, 6.07) is 9.26. The number of carbonyl (C=O) groups is 1. The third-order valence-corrected chi connectivity index (χ3v) is 5.33. The van der Waals surface area contributed by atoms with Gasteiger partial charge < -0.3 is 19.4 Å². The van der Waals surface area contributed by atoms with Crippen molar-refractivity contribution in [3.63, 3.8) is 0 Å². The van der Waals surface area contributed by atoms with E-state index in [1.165, 1.54) is 0 Å². The Bertz CT molecular complexity index is 804. The van der Waals surface area contributed by atoms with E-state index in [4.69, 9.17) is 16.3 Å². The molecule has 2 aliphatic heterocycles. The monoisotopic (exact) mass is 387 g/mol. The van der Waals surface area contributed by atoms with Crippen LogP contribution in [0.3, 0.4) is 0 Å². The number of anilines is 2. The minimum Gasteiger partial charge on any atom is -0.378 e. The maximum atomic E-state index is 12.7. The molecule has 142 valence electrons. The molecule has 3 heterocycles. The lowest BCUT2D eigenvalue weighted by Gasteiger charge is -2.36. The molecule has 0 atom stereocenters. The number of halogens is 1. The zero-order chi connectivity index (χ0) is 18.6. The number of piperazine rings is 1. The Kier molecular flexibility index (Phi) is 5.40. The third-order valence-electron chi connectivity index (χ3n) is 5.00. The molecule has 4 rings (SSSR count). The first-order chi connectivity index (χ1) is 13.2. The van der Waals surface area contributed by atoms with Gasteiger partial charge in [-0.3, -0.25) is 4.79 Å². The van der Waals surface area contributed by atoms with Crippen LogP contribution in [-0.2, 0) is 4.74 Å². The summed E-state index contributed by atoms with van der Waals surface area (Å²) in [6.45, 7) is 5.91. The van der Waals surface area contributed by atoms with E-state index in [0.717, 1.165) is 50.9 Å². The van der Waals surface area contributed by atoms with Gasteiger partial charge in [-0.05, 0) is 12.1 Å². The second-order valence-corrected chi connectivity index (χ2v) is 7.04. The highest BCUT2D eigenvalue weighted by molar-refractivity contribution is 6.33. The van der Waals surface area contributed by atoms with E-state index in [-0.39, 0.29) is 5.91 Å². The lowest BCUT2D eigenvalue weighted by molar-refractivity contribution is 0.0746. The summed E-state index contributed by atoms with van der Waals surface area (Å²) >= 11 is 6.16. The maximum absolute atomic E-state index is 12.7. The molecule has 2 saturated heterocycles. The van der Waals surface area contributed by atoms with Gasteiger partial charge in [-0.25, -0.2) is 0 Å². The smallest absolute Gasteiger partial charge is 0.255 e. The Balaban J connectivity index is 1.40. The molecule has 8 heteroatoms. The molecule has 2 aromatic rings. The zero-order valence-corrected chi connectivity index (χ0v) is 15.8. The second-order valence-electron chi connectivity index (χ2n) is 6.63. The van der Waals surface area contributed by atoms with Crippen molar-refractivity contribution < 1.29 is 9.53 Å². The number of hydrogen-bond acceptors (Lipinski definition) is 6. The summed E-state index contributed by atoms with van der Waals surface area (Å²) in [5.41, 5.74) is 1.62. The van der Waals surface area contributed by atoms with Crippen molar-refractivity contribution >= 4 is 29.0 Å². The van der Waals surface area contributed by atoms with Crippen LogP contribution in [0.2, 0.25) is 5.02 Å². The zero-order valence-electron chi connectivity index (χ0n) is 15.1. The van der Waals surface area contributed by atoms with Crippen LogP contribution < -0.4 is 9.80 Å². The maximum Gasteiger partial charge on any atom is 0.255 e. The van der Waals surface area contributed by atoms with Crippen molar-refractivity contribution in [3.8, 4) is 0 Å². The molecule has 27 heavy (non-hydrogen) atoms. The number of amides is 1. The summed E-state index contributed by atoms with van der Waals surface area (Å²) in [6.07, 6.45) is 1.80. The van der Waals surface area contributed by atoms with Crippen LogP contribution in [0, 0.1) is 0 Å². The Labute approximate surface area is 163 Å². The number of benzene rings is 1. The molecule has 0 bridgehead atoms. The first-order valence-corrected chi connectivity index (χ1v) is 9.54. The van der Waals surface area contributed by atoms with Gasteiger partial charge in [-0.2, -0.15) is 5.10 Å². The molecule has 1 aromatic heterocycles. The third kappa shape index (κ3) is 3.99. The van der Waals surface area contributed by atoms with Gasteiger partial charge in [0.15, 0.2) is 5.82 Å². The topological polar surface area (TPSA) is 61.8 Å². The Morgan fingerprint density at radius 3 is 2.48 bits per heavy atom.